The second kappa shape index (κ2) is 6.95. The first-order valence-corrected chi connectivity index (χ1v) is 8.08. The Morgan fingerprint density at radius 1 is 1.20 bits per heavy atom. The number of anilines is 1. The summed E-state index contributed by atoms with van der Waals surface area (Å²) in [7, 11) is 0. The molecule has 0 aliphatic rings. The molecular formula is C16H16BrNOS. The van der Waals surface area contributed by atoms with Crippen molar-refractivity contribution in [3.05, 3.63) is 58.1 Å². The van der Waals surface area contributed by atoms with Crippen molar-refractivity contribution in [2.75, 3.05) is 11.1 Å². The Hall–Kier alpha value is -1.26. The Bertz CT molecular complexity index is 628. The number of carbonyl (C=O) groups is 1. The average Bonchev–Trinajstić information content (AvgIpc) is 2.42. The van der Waals surface area contributed by atoms with Crippen molar-refractivity contribution in [2.24, 2.45) is 0 Å². The lowest BCUT2D eigenvalue weighted by atomic mass is 10.2. The topological polar surface area (TPSA) is 29.1 Å². The quantitative estimate of drug-likeness (QED) is 0.803. The second-order valence-electron chi connectivity index (χ2n) is 4.59. The fourth-order valence-electron chi connectivity index (χ4n) is 1.75. The Kier molecular flexibility index (Phi) is 5.26. The number of halogens is 1. The Balaban J connectivity index is 1.96. The van der Waals surface area contributed by atoms with E-state index in [1.165, 1.54) is 11.1 Å². The molecule has 0 aliphatic heterocycles. The molecule has 0 spiro atoms. The molecule has 0 heterocycles. The first kappa shape index (κ1) is 15.1. The van der Waals surface area contributed by atoms with E-state index in [-0.39, 0.29) is 5.91 Å². The monoisotopic (exact) mass is 349 g/mol. The van der Waals surface area contributed by atoms with Crippen LogP contribution in [0.4, 0.5) is 5.69 Å². The molecule has 4 heteroatoms. The van der Waals surface area contributed by atoms with Crippen LogP contribution in [0.1, 0.15) is 11.1 Å². The van der Waals surface area contributed by atoms with Gasteiger partial charge in [-0.2, -0.15) is 0 Å². The maximum absolute atomic E-state index is 12.0. The van der Waals surface area contributed by atoms with Gasteiger partial charge in [0.05, 0.1) is 11.4 Å². The smallest absolute Gasteiger partial charge is 0.234 e. The van der Waals surface area contributed by atoms with Gasteiger partial charge >= 0.3 is 0 Å². The third kappa shape index (κ3) is 4.12. The summed E-state index contributed by atoms with van der Waals surface area (Å²) >= 11 is 4.99. The molecule has 0 radical (unpaired) electrons. The van der Waals surface area contributed by atoms with Crippen LogP contribution in [-0.4, -0.2) is 11.7 Å². The summed E-state index contributed by atoms with van der Waals surface area (Å²) in [6.07, 6.45) is 0. The number of thioether (sulfide) groups is 1. The van der Waals surface area contributed by atoms with Gasteiger partial charge in [-0.15, -0.1) is 11.8 Å². The van der Waals surface area contributed by atoms with E-state index in [1.807, 2.05) is 24.3 Å². The Labute approximate surface area is 132 Å². The highest BCUT2D eigenvalue weighted by Crippen LogP contribution is 2.25. The maximum Gasteiger partial charge on any atom is 0.234 e. The third-order valence-electron chi connectivity index (χ3n) is 2.85. The number of carbonyl (C=O) groups excluding carboxylic acids is 1. The zero-order valence-corrected chi connectivity index (χ0v) is 13.8. The van der Waals surface area contributed by atoms with E-state index < -0.39 is 0 Å². The number of para-hydroxylation sites is 1. The van der Waals surface area contributed by atoms with Crippen LogP contribution in [0.25, 0.3) is 0 Å². The number of hydrogen-bond acceptors (Lipinski definition) is 2. The molecule has 0 bridgehead atoms. The minimum Gasteiger partial charge on any atom is -0.324 e. The highest BCUT2D eigenvalue weighted by atomic mass is 79.9. The van der Waals surface area contributed by atoms with Crippen LogP contribution in [0.5, 0.6) is 0 Å². The Morgan fingerprint density at radius 3 is 2.70 bits per heavy atom. The van der Waals surface area contributed by atoms with E-state index in [9.17, 15) is 4.79 Å². The summed E-state index contributed by atoms with van der Waals surface area (Å²) in [6, 6.07) is 13.9. The summed E-state index contributed by atoms with van der Waals surface area (Å²) in [5.41, 5.74) is 3.22. The van der Waals surface area contributed by atoms with Gasteiger partial charge in [0.15, 0.2) is 0 Å². The minimum atomic E-state index is 0.00260. The first-order valence-electron chi connectivity index (χ1n) is 6.30. The molecule has 0 saturated heterocycles. The predicted molar refractivity (Wildman–Crippen MR) is 89.4 cm³/mol. The van der Waals surface area contributed by atoms with Crippen molar-refractivity contribution in [3.8, 4) is 0 Å². The SMILES string of the molecule is Cc1ccc(C)c(SCC(=O)Nc2ccccc2Br)c1. The maximum atomic E-state index is 12.0. The lowest BCUT2D eigenvalue weighted by molar-refractivity contribution is -0.113. The van der Waals surface area contributed by atoms with Gasteiger partial charge < -0.3 is 5.32 Å². The predicted octanol–water partition coefficient (Wildman–Crippen LogP) is 4.80. The second-order valence-corrected chi connectivity index (χ2v) is 6.46. The number of benzene rings is 2. The molecular weight excluding hydrogens is 334 g/mol. The molecule has 0 fully saturated rings. The normalized spacial score (nSPS) is 10.3. The van der Waals surface area contributed by atoms with E-state index in [2.05, 4.69) is 53.3 Å². The molecule has 1 amide bonds. The molecule has 0 unspecified atom stereocenters. The van der Waals surface area contributed by atoms with Crippen molar-refractivity contribution in [3.63, 3.8) is 0 Å². The minimum absolute atomic E-state index is 0.00260. The van der Waals surface area contributed by atoms with E-state index >= 15 is 0 Å². The van der Waals surface area contributed by atoms with E-state index in [1.54, 1.807) is 11.8 Å². The number of rotatable bonds is 4. The van der Waals surface area contributed by atoms with Gasteiger partial charge in [0.1, 0.15) is 0 Å². The lowest BCUT2D eigenvalue weighted by Crippen LogP contribution is -2.14. The van der Waals surface area contributed by atoms with Crippen molar-refractivity contribution in [1.29, 1.82) is 0 Å². The van der Waals surface area contributed by atoms with Crippen LogP contribution in [-0.2, 0) is 4.79 Å². The Morgan fingerprint density at radius 2 is 1.95 bits per heavy atom. The van der Waals surface area contributed by atoms with Crippen molar-refractivity contribution in [1.82, 2.24) is 0 Å². The van der Waals surface area contributed by atoms with Crippen LogP contribution in [0.15, 0.2) is 51.8 Å². The fourth-order valence-corrected chi connectivity index (χ4v) is 3.06. The van der Waals surface area contributed by atoms with E-state index in [0.717, 1.165) is 15.1 Å². The van der Waals surface area contributed by atoms with Gasteiger partial charge in [0.25, 0.3) is 0 Å². The van der Waals surface area contributed by atoms with Crippen molar-refractivity contribution < 1.29 is 4.79 Å². The molecule has 0 atom stereocenters. The fraction of sp³-hybridized carbons (Fsp3) is 0.188. The van der Waals surface area contributed by atoms with Gasteiger partial charge in [0, 0.05) is 9.37 Å². The van der Waals surface area contributed by atoms with Gasteiger partial charge in [-0.25, -0.2) is 0 Å². The van der Waals surface area contributed by atoms with Gasteiger partial charge in [-0.05, 0) is 53.5 Å². The zero-order chi connectivity index (χ0) is 14.5. The van der Waals surface area contributed by atoms with Crippen molar-refractivity contribution >= 4 is 39.3 Å². The van der Waals surface area contributed by atoms with Crippen molar-refractivity contribution in [2.45, 2.75) is 18.7 Å². The molecule has 1 N–H and O–H groups in total. The van der Waals surface area contributed by atoms with Crippen LogP contribution < -0.4 is 5.32 Å². The molecule has 0 saturated carbocycles. The van der Waals surface area contributed by atoms with Crippen LogP contribution in [0.3, 0.4) is 0 Å². The van der Waals surface area contributed by atoms with Crippen LogP contribution in [0.2, 0.25) is 0 Å². The largest absolute Gasteiger partial charge is 0.324 e. The van der Waals surface area contributed by atoms with Gasteiger partial charge in [0.2, 0.25) is 5.91 Å². The first-order chi connectivity index (χ1) is 9.56. The van der Waals surface area contributed by atoms with Crippen LogP contribution in [0, 0.1) is 13.8 Å². The summed E-state index contributed by atoms with van der Waals surface area (Å²) < 4.78 is 0.894. The molecule has 0 aromatic heterocycles. The number of amides is 1. The number of aryl methyl sites for hydroxylation is 2. The molecule has 2 rings (SSSR count). The summed E-state index contributed by atoms with van der Waals surface area (Å²) in [5.74, 6) is 0.411. The van der Waals surface area contributed by atoms with E-state index in [0.29, 0.717) is 5.75 Å². The molecule has 2 aromatic rings. The third-order valence-corrected chi connectivity index (χ3v) is 4.70. The average molecular weight is 350 g/mol. The van der Waals surface area contributed by atoms with Gasteiger partial charge in [-0.3, -0.25) is 4.79 Å². The van der Waals surface area contributed by atoms with E-state index in [4.69, 9.17) is 0 Å². The molecule has 0 aliphatic carbocycles. The highest BCUT2D eigenvalue weighted by molar-refractivity contribution is 9.10. The summed E-state index contributed by atoms with van der Waals surface area (Å²) in [5, 5.41) is 2.91. The summed E-state index contributed by atoms with van der Waals surface area (Å²) in [6.45, 7) is 4.12. The molecule has 2 nitrogen and oxygen atoms in total. The number of hydrogen-bond donors (Lipinski definition) is 1. The van der Waals surface area contributed by atoms with Gasteiger partial charge in [-0.1, -0.05) is 29.8 Å². The van der Waals surface area contributed by atoms with Crippen LogP contribution >= 0.6 is 27.7 Å². The molecule has 2 aromatic carbocycles. The summed E-state index contributed by atoms with van der Waals surface area (Å²) in [4.78, 5) is 13.1. The lowest BCUT2D eigenvalue weighted by Gasteiger charge is -2.09. The zero-order valence-electron chi connectivity index (χ0n) is 11.4. The molecule has 20 heavy (non-hydrogen) atoms. The molecule has 104 valence electrons. The standard InChI is InChI=1S/C16H16BrNOS/c1-11-7-8-12(2)15(9-11)20-10-16(19)18-14-6-4-3-5-13(14)17/h3-9H,10H2,1-2H3,(H,18,19). The number of nitrogens with one attached hydrogen (secondary N) is 1. The highest BCUT2D eigenvalue weighted by Gasteiger charge is 2.07.